The predicted molar refractivity (Wildman–Crippen MR) is 102 cm³/mol. The van der Waals surface area contributed by atoms with Gasteiger partial charge in [-0.2, -0.15) is 4.99 Å². The van der Waals surface area contributed by atoms with Crippen molar-refractivity contribution in [3.05, 3.63) is 47.5 Å². The largest absolute Gasteiger partial charge is 0.456 e. The summed E-state index contributed by atoms with van der Waals surface area (Å²) in [6.07, 6.45) is 1.23. The van der Waals surface area contributed by atoms with E-state index < -0.39 is 43.5 Å². The molecule has 13 heteroatoms. The monoisotopic (exact) mass is 457 g/mol. The summed E-state index contributed by atoms with van der Waals surface area (Å²) >= 11 is 0. The predicted octanol–water partition coefficient (Wildman–Crippen LogP) is 4.60. The molecular formula is C16H16F5N3O3S2. The lowest BCUT2D eigenvalue weighted by Crippen LogP contribution is -2.24. The summed E-state index contributed by atoms with van der Waals surface area (Å²) in [7, 11) is -11.7. The van der Waals surface area contributed by atoms with Gasteiger partial charge in [-0.05, 0) is 36.8 Å². The summed E-state index contributed by atoms with van der Waals surface area (Å²) in [6, 6.07) is 4.55. The van der Waals surface area contributed by atoms with Crippen molar-refractivity contribution < 1.29 is 33.2 Å². The first-order valence-electron chi connectivity index (χ1n) is 7.62. The van der Waals surface area contributed by atoms with Crippen LogP contribution in [0.4, 0.5) is 19.4 Å². The molecule has 0 fully saturated rings. The van der Waals surface area contributed by atoms with Gasteiger partial charge in [-0.15, -0.1) is 0 Å². The molecule has 0 aromatic heterocycles. The Morgan fingerprint density at radius 3 is 2.24 bits per heavy atom. The maximum atomic E-state index is 13.0. The average molecular weight is 457 g/mol. The van der Waals surface area contributed by atoms with Crippen molar-refractivity contribution in [1.29, 1.82) is 0 Å². The molecule has 1 atom stereocenters. The first-order chi connectivity index (χ1) is 13.0. The molecule has 4 N–H and O–H groups in total. The summed E-state index contributed by atoms with van der Waals surface area (Å²) in [4.78, 5) is 13.2. The number of carbonyl (C=O) groups is 1. The van der Waals surface area contributed by atoms with Crippen LogP contribution in [-0.4, -0.2) is 22.3 Å². The molecule has 6 nitrogen and oxygen atoms in total. The van der Waals surface area contributed by atoms with E-state index in [2.05, 4.69) is 4.99 Å². The lowest BCUT2D eigenvalue weighted by molar-refractivity contribution is 0.100. The van der Waals surface area contributed by atoms with Crippen LogP contribution >= 0.6 is 10.2 Å². The molecule has 2 rings (SSSR count). The summed E-state index contributed by atoms with van der Waals surface area (Å²) < 4.78 is 82.4. The van der Waals surface area contributed by atoms with Gasteiger partial charge in [-0.25, -0.2) is 0 Å². The standard InChI is InChI=1S/C16H16F5N3O3S2/c1-9-6-13(14(28(2)26)8-12(9)15(25)24-16(22)23)27-10-4-3-5-11(7-10)29(17,18,19,20)21/h3-8H,1-2H3,(H4,22,23,24,25). The van der Waals surface area contributed by atoms with Crippen LogP contribution in [0.15, 0.2) is 51.2 Å². The second kappa shape index (κ2) is 6.69. The number of benzene rings is 2. The molecule has 0 heterocycles. The number of rotatable bonds is 5. The summed E-state index contributed by atoms with van der Waals surface area (Å²) in [5, 5.41) is 0. The highest BCUT2D eigenvalue weighted by Gasteiger charge is 2.65. The molecule has 0 saturated carbocycles. The molecule has 0 spiro atoms. The van der Waals surface area contributed by atoms with Gasteiger partial charge in [0.2, 0.25) is 0 Å². The van der Waals surface area contributed by atoms with Crippen molar-refractivity contribution in [2.45, 2.75) is 16.7 Å². The number of ether oxygens (including phenoxy) is 1. The molecule has 2 aromatic rings. The lowest BCUT2D eigenvalue weighted by atomic mass is 10.1. The van der Waals surface area contributed by atoms with Crippen molar-refractivity contribution in [1.82, 2.24) is 0 Å². The Morgan fingerprint density at radius 1 is 1.10 bits per heavy atom. The number of amides is 1. The Hall–Kier alpha value is -2.67. The number of hydrogen-bond donors (Lipinski definition) is 2. The van der Waals surface area contributed by atoms with Gasteiger partial charge < -0.3 is 16.2 Å². The van der Waals surface area contributed by atoms with Gasteiger partial charge in [0.15, 0.2) is 5.96 Å². The number of halogens is 5. The fourth-order valence-electron chi connectivity index (χ4n) is 2.28. The van der Waals surface area contributed by atoms with Gasteiger partial charge in [0, 0.05) is 17.9 Å². The number of aryl methyl sites for hydroxylation is 1. The van der Waals surface area contributed by atoms with Crippen molar-refractivity contribution in [2.24, 2.45) is 16.5 Å². The normalized spacial score (nSPS) is 15.0. The second-order valence-corrected chi connectivity index (χ2v) is 9.71. The van der Waals surface area contributed by atoms with E-state index in [1.54, 1.807) is 0 Å². The van der Waals surface area contributed by atoms with Gasteiger partial charge in [0.05, 0.1) is 15.7 Å². The van der Waals surface area contributed by atoms with Gasteiger partial charge in [0.1, 0.15) is 16.4 Å². The highest BCUT2D eigenvalue weighted by atomic mass is 32.5. The fourth-order valence-corrected chi connectivity index (χ4v) is 3.62. The van der Waals surface area contributed by atoms with Crippen molar-refractivity contribution in [3.8, 4) is 11.5 Å². The van der Waals surface area contributed by atoms with Gasteiger partial charge in [-0.1, -0.05) is 25.5 Å². The van der Waals surface area contributed by atoms with Crippen LogP contribution in [0, 0.1) is 6.92 Å². The van der Waals surface area contributed by atoms with Crippen molar-refractivity contribution in [3.63, 3.8) is 0 Å². The molecule has 1 amide bonds. The third-order valence-corrected chi connectivity index (χ3v) is 5.62. The number of hydrogen-bond acceptors (Lipinski definition) is 3. The Balaban J connectivity index is 2.55. The maximum absolute atomic E-state index is 13.0. The van der Waals surface area contributed by atoms with E-state index >= 15 is 0 Å². The quantitative estimate of drug-likeness (QED) is 0.388. The molecule has 1 unspecified atom stereocenters. The zero-order valence-electron chi connectivity index (χ0n) is 15.0. The maximum Gasteiger partial charge on any atom is 0.310 e. The second-order valence-electron chi connectivity index (χ2n) is 5.96. The smallest absolute Gasteiger partial charge is 0.310 e. The number of carbonyl (C=O) groups excluding carboxylic acids is 1. The Labute approximate surface area is 164 Å². The van der Waals surface area contributed by atoms with Crippen LogP contribution in [0.3, 0.4) is 0 Å². The SMILES string of the molecule is Cc1cc(Oc2cccc(S(F)(F)(F)(F)F)c2)c(S(C)=O)cc1C(=O)N=C(N)N. The number of aliphatic imine (C=N–C) groups is 1. The van der Waals surface area contributed by atoms with Crippen LogP contribution < -0.4 is 16.2 Å². The Bertz CT molecular complexity index is 1050. The number of nitrogens with zero attached hydrogens (tertiary/aromatic N) is 1. The van der Waals surface area contributed by atoms with E-state index in [1.807, 2.05) is 0 Å². The molecular weight excluding hydrogens is 441 g/mol. The van der Waals surface area contributed by atoms with E-state index in [0.29, 0.717) is 0 Å². The molecule has 160 valence electrons. The molecule has 0 radical (unpaired) electrons. The zero-order valence-corrected chi connectivity index (χ0v) is 16.6. The third-order valence-electron chi connectivity index (χ3n) is 3.54. The van der Waals surface area contributed by atoms with E-state index in [4.69, 9.17) is 16.2 Å². The molecule has 0 bridgehead atoms. The van der Waals surface area contributed by atoms with Crippen LogP contribution in [0.5, 0.6) is 11.5 Å². The van der Waals surface area contributed by atoms with Crippen LogP contribution in [-0.2, 0) is 10.8 Å². The molecule has 0 aliphatic heterocycles. The van der Waals surface area contributed by atoms with E-state index in [1.165, 1.54) is 19.2 Å². The molecule has 0 aliphatic rings. The molecule has 29 heavy (non-hydrogen) atoms. The molecule has 2 aromatic carbocycles. The number of nitrogens with two attached hydrogens (primary N) is 2. The lowest BCUT2D eigenvalue weighted by Gasteiger charge is -2.40. The minimum atomic E-state index is -9.91. The minimum Gasteiger partial charge on any atom is -0.456 e. The summed E-state index contributed by atoms with van der Waals surface area (Å²) in [6.45, 7) is 1.45. The van der Waals surface area contributed by atoms with Crippen molar-refractivity contribution in [2.75, 3.05) is 6.26 Å². The first-order valence-corrected chi connectivity index (χ1v) is 11.1. The Kier molecular flexibility index (Phi) is 5.22. The summed E-state index contributed by atoms with van der Waals surface area (Å²) in [5.74, 6) is -2.06. The Morgan fingerprint density at radius 2 is 1.72 bits per heavy atom. The van der Waals surface area contributed by atoms with E-state index in [0.717, 1.165) is 18.2 Å². The topological polar surface area (TPSA) is 108 Å². The van der Waals surface area contributed by atoms with E-state index in [-0.39, 0.29) is 33.9 Å². The highest BCUT2D eigenvalue weighted by Crippen LogP contribution is 3.02. The highest BCUT2D eigenvalue weighted by molar-refractivity contribution is 8.45. The van der Waals surface area contributed by atoms with Crippen LogP contribution in [0.1, 0.15) is 15.9 Å². The number of guanidine groups is 1. The first kappa shape index (κ1) is 22.6. The third kappa shape index (κ3) is 5.67. The van der Waals surface area contributed by atoms with Gasteiger partial charge in [0.25, 0.3) is 5.91 Å². The van der Waals surface area contributed by atoms with Gasteiger partial charge >= 0.3 is 10.2 Å². The van der Waals surface area contributed by atoms with Crippen LogP contribution in [0.25, 0.3) is 0 Å². The minimum absolute atomic E-state index is 0.0169. The average Bonchev–Trinajstić information content (AvgIpc) is 2.52. The zero-order chi connectivity index (χ0) is 22.3. The summed E-state index contributed by atoms with van der Waals surface area (Å²) in [5.41, 5.74) is 10.5. The van der Waals surface area contributed by atoms with Crippen LogP contribution in [0.2, 0.25) is 0 Å². The fraction of sp³-hybridized carbons (Fsp3) is 0.125. The van der Waals surface area contributed by atoms with E-state index in [9.17, 15) is 28.4 Å². The molecule has 0 saturated heterocycles. The molecule has 0 aliphatic carbocycles. The van der Waals surface area contributed by atoms with Crippen molar-refractivity contribution >= 4 is 32.9 Å². The van der Waals surface area contributed by atoms with Gasteiger partial charge in [-0.3, -0.25) is 9.00 Å².